The summed E-state index contributed by atoms with van der Waals surface area (Å²) in [6.45, 7) is 0. The molecule has 130 valence electrons. The Morgan fingerprint density at radius 2 is 1.04 bits per heavy atom. The Bertz CT molecular complexity index is 790. The van der Waals surface area contributed by atoms with Gasteiger partial charge in [0.2, 0.25) is 0 Å². The molecular weight excluding hydrogens is 360 g/mol. The standard InChI is InChI=1S/C20H18N4S2/c25-19-21-17(13-11-15-7-3-1-4-8-15)23-20(26)22-18(24(19)23)14-12-16-9-5-2-6-10-16/h1-14,17-18H,(H,21,25)(H,22,26)/b13-11+,14-12+/t17-,18+. The number of rotatable bonds is 4. The first-order valence-corrected chi connectivity index (χ1v) is 9.20. The van der Waals surface area contributed by atoms with Crippen molar-refractivity contribution in [1.82, 2.24) is 20.7 Å². The van der Waals surface area contributed by atoms with Crippen molar-refractivity contribution in [1.29, 1.82) is 0 Å². The molecule has 0 radical (unpaired) electrons. The molecule has 0 aliphatic carbocycles. The molecule has 2 atom stereocenters. The van der Waals surface area contributed by atoms with Gasteiger partial charge in [0.1, 0.15) is 12.3 Å². The maximum Gasteiger partial charge on any atom is 0.192 e. The molecule has 2 aromatic carbocycles. The minimum absolute atomic E-state index is 0.0992. The van der Waals surface area contributed by atoms with Crippen molar-refractivity contribution >= 4 is 46.8 Å². The fourth-order valence-corrected chi connectivity index (χ4v) is 3.66. The van der Waals surface area contributed by atoms with E-state index < -0.39 is 0 Å². The first kappa shape index (κ1) is 16.8. The van der Waals surface area contributed by atoms with Crippen molar-refractivity contribution in [2.24, 2.45) is 0 Å². The normalized spacial score (nSPS) is 22.2. The predicted octanol–water partition coefficient (Wildman–Crippen LogP) is 3.36. The van der Waals surface area contributed by atoms with Crippen molar-refractivity contribution in [3.63, 3.8) is 0 Å². The Hall–Kier alpha value is -2.70. The van der Waals surface area contributed by atoms with Gasteiger partial charge in [0.25, 0.3) is 0 Å². The van der Waals surface area contributed by atoms with E-state index in [2.05, 4.69) is 59.2 Å². The molecule has 2 aromatic rings. The number of fused-ring (bicyclic) bond motifs is 1. The van der Waals surface area contributed by atoms with Crippen LogP contribution >= 0.6 is 24.4 Å². The summed E-state index contributed by atoms with van der Waals surface area (Å²) in [7, 11) is 0. The molecule has 0 aromatic heterocycles. The molecule has 0 bridgehead atoms. The summed E-state index contributed by atoms with van der Waals surface area (Å²) < 4.78 is 0. The van der Waals surface area contributed by atoms with E-state index in [0.29, 0.717) is 10.2 Å². The van der Waals surface area contributed by atoms with E-state index in [4.69, 9.17) is 24.4 Å². The lowest BCUT2D eigenvalue weighted by Crippen LogP contribution is -2.40. The summed E-state index contributed by atoms with van der Waals surface area (Å²) >= 11 is 11.1. The molecule has 0 amide bonds. The van der Waals surface area contributed by atoms with Crippen LogP contribution in [-0.4, -0.2) is 32.6 Å². The second-order valence-electron chi connectivity index (χ2n) is 6.02. The molecule has 2 heterocycles. The van der Waals surface area contributed by atoms with Crippen LogP contribution in [0.1, 0.15) is 11.1 Å². The van der Waals surface area contributed by atoms with Gasteiger partial charge in [-0.2, -0.15) is 0 Å². The minimum atomic E-state index is -0.0992. The van der Waals surface area contributed by atoms with E-state index in [0.717, 1.165) is 11.1 Å². The molecular formula is C20H18N4S2. The van der Waals surface area contributed by atoms with Crippen molar-refractivity contribution in [2.45, 2.75) is 12.3 Å². The minimum Gasteiger partial charge on any atom is -0.336 e. The quantitative estimate of drug-likeness (QED) is 0.794. The molecule has 4 nitrogen and oxygen atoms in total. The van der Waals surface area contributed by atoms with Crippen LogP contribution in [0.25, 0.3) is 12.2 Å². The lowest BCUT2D eigenvalue weighted by Gasteiger charge is -2.23. The summed E-state index contributed by atoms with van der Waals surface area (Å²) in [4.78, 5) is 0. The summed E-state index contributed by atoms with van der Waals surface area (Å²) in [5, 5.41) is 11.9. The van der Waals surface area contributed by atoms with Crippen LogP contribution < -0.4 is 10.6 Å². The Balaban J connectivity index is 1.52. The highest BCUT2D eigenvalue weighted by molar-refractivity contribution is 7.80. The maximum atomic E-state index is 5.53. The number of thiocarbonyl (C=S) groups is 2. The highest BCUT2D eigenvalue weighted by Gasteiger charge is 2.44. The zero-order valence-corrected chi connectivity index (χ0v) is 15.6. The third-order valence-corrected chi connectivity index (χ3v) is 4.87. The first-order chi connectivity index (χ1) is 12.7. The monoisotopic (exact) mass is 378 g/mol. The van der Waals surface area contributed by atoms with E-state index in [-0.39, 0.29) is 12.3 Å². The molecule has 0 unspecified atom stereocenters. The van der Waals surface area contributed by atoms with Crippen LogP contribution in [0.5, 0.6) is 0 Å². The summed E-state index contributed by atoms with van der Waals surface area (Å²) in [6, 6.07) is 20.3. The molecule has 2 fully saturated rings. The Morgan fingerprint density at radius 3 is 1.42 bits per heavy atom. The van der Waals surface area contributed by atoms with E-state index >= 15 is 0 Å². The average molecular weight is 379 g/mol. The van der Waals surface area contributed by atoms with Crippen molar-refractivity contribution in [3.05, 3.63) is 83.9 Å². The second-order valence-corrected chi connectivity index (χ2v) is 6.79. The van der Waals surface area contributed by atoms with E-state index in [1.54, 1.807) is 0 Å². The lowest BCUT2D eigenvalue weighted by molar-refractivity contribution is 0.152. The zero-order chi connectivity index (χ0) is 17.9. The first-order valence-electron chi connectivity index (χ1n) is 8.38. The van der Waals surface area contributed by atoms with Gasteiger partial charge in [0.15, 0.2) is 10.2 Å². The molecule has 2 aliphatic rings. The fourth-order valence-electron chi connectivity index (χ4n) is 3.02. The van der Waals surface area contributed by atoms with Gasteiger partial charge in [-0.25, -0.2) is 10.0 Å². The van der Waals surface area contributed by atoms with Crippen LogP contribution in [-0.2, 0) is 0 Å². The zero-order valence-electron chi connectivity index (χ0n) is 13.9. The molecule has 4 rings (SSSR count). The van der Waals surface area contributed by atoms with Gasteiger partial charge in [-0.1, -0.05) is 72.8 Å². The van der Waals surface area contributed by atoms with Crippen molar-refractivity contribution in [3.8, 4) is 0 Å². The number of nitrogens with one attached hydrogen (secondary N) is 2. The summed E-state index contributed by atoms with van der Waals surface area (Å²) in [5.74, 6) is 0. The number of benzene rings is 2. The topological polar surface area (TPSA) is 30.5 Å². The molecule has 2 saturated heterocycles. The van der Waals surface area contributed by atoms with Gasteiger partial charge in [-0.3, -0.25) is 0 Å². The van der Waals surface area contributed by atoms with Gasteiger partial charge in [-0.05, 0) is 47.7 Å². The molecule has 6 heteroatoms. The highest BCUT2D eigenvalue weighted by Crippen LogP contribution is 2.23. The SMILES string of the molecule is S=C1N[C@H](/C=C/c2ccccc2)N2C(=S)N[C@@H](/C=C/c3ccccc3)N12. The number of hydrogen-bond donors (Lipinski definition) is 2. The van der Waals surface area contributed by atoms with Crippen molar-refractivity contribution < 1.29 is 0 Å². The molecule has 26 heavy (non-hydrogen) atoms. The second kappa shape index (κ2) is 7.27. The van der Waals surface area contributed by atoms with Gasteiger partial charge < -0.3 is 10.6 Å². The van der Waals surface area contributed by atoms with E-state index in [1.807, 2.05) is 46.4 Å². The largest absolute Gasteiger partial charge is 0.336 e. The molecule has 0 saturated carbocycles. The van der Waals surface area contributed by atoms with Gasteiger partial charge in [0.05, 0.1) is 0 Å². The van der Waals surface area contributed by atoms with E-state index in [9.17, 15) is 0 Å². The van der Waals surface area contributed by atoms with Gasteiger partial charge >= 0.3 is 0 Å². The van der Waals surface area contributed by atoms with Gasteiger partial charge in [-0.15, -0.1) is 0 Å². The van der Waals surface area contributed by atoms with Crippen LogP contribution in [0.2, 0.25) is 0 Å². The smallest absolute Gasteiger partial charge is 0.192 e. The summed E-state index contributed by atoms with van der Waals surface area (Å²) in [5.41, 5.74) is 2.27. The van der Waals surface area contributed by atoms with Crippen LogP contribution in [0.4, 0.5) is 0 Å². The maximum absolute atomic E-state index is 5.53. The third-order valence-electron chi connectivity index (χ3n) is 4.26. The lowest BCUT2D eigenvalue weighted by atomic mass is 10.2. The predicted molar refractivity (Wildman–Crippen MR) is 114 cm³/mol. The van der Waals surface area contributed by atoms with Crippen molar-refractivity contribution in [2.75, 3.05) is 0 Å². The third kappa shape index (κ3) is 3.34. The van der Waals surface area contributed by atoms with Crippen LogP contribution in [0, 0.1) is 0 Å². The number of hydrazine groups is 1. The Labute approximate surface area is 163 Å². The average Bonchev–Trinajstić information content (AvgIpc) is 3.18. The molecule has 2 N–H and O–H groups in total. The van der Waals surface area contributed by atoms with Crippen LogP contribution in [0.15, 0.2) is 72.8 Å². The molecule has 0 spiro atoms. The Kier molecular flexibility index (Phi) is 4.69. The van der Waals surface area contributed by atoms with E-state index in [1.165, 1.54) is 0 Å². The fraction of sp³-hybridized carbons (Fsp3) is 0.100. The molecule has 2 aliphatic heterocycles. The van der Waals surface area contributed by atoms with Crippen LogP contribution in [0.3, 0.4) is 0 Å². The summed E-state index contributed by atoms with van der Waals surface area (Å²) in [6.07, 6.45) is 8.08. The number of nitrogens with zero attached hydrogens (tertiary/aromatic N) is 2. The Morgan fingerprint density at radius 1 is 0.654 bits per heavy atom. The van der Waals surface area contributed by atoms with Gasteiger partial charge in [0, 0.05) is 0 Å². The number of hydrogen-bond acceptors (Lipinski definition) is 2. The highest BCUT2D eigenvalue weighted by atomic mass is 32.1.